The second kappa shape index (κ2) is 9.13. The van der Waals surface area contributed by atoms with Gasteiger partial charge in [0.2, 0.25) is 0 Å². The number of carbonyl (C=O) groups excluding carboxylic acids is 2. The molecule has 0 saturated carbocycles. The van der Waals surface area contributed by atoms with Crippen LogP contribution in [0.3, 0.4) is 0 Å². The van der Waals surface area contributed by atoms with Crippen molar-refractivity contribution in [3.63, 3.8) is 0 Å². The number of likely N-dealkylation sites (tertiary alicyclic amines) is 2. The molecule has 0 N–H and O–H groups in total. The molecule has 33 heavy (non-hydrogen) atoms. The molecule has 0 unspecified atom stereocenters. The van der Waals surface area contributed by atoms with Gasteiger partial charge in [0.15, 0.2) is 5.69 Å². The summed E-state index contributed by atoms with van der Waals surface area (Å²) in [6.45, 7) is 2.77. The molecule has 0 bridgehead atoms. The van der Waals surface area contributed by atoms with Crippen molar-refractivity contribution in [1.29, 1.82) is 0 Å². The highest BCUT2D eigenvalue weighted by atomic mass is 19.1. The number of rotatable bonds is 4. The van der Waals surface area contributed by atoms with Crippen LogP contribution in [0.4, 0.5) is 4.39 Å². The number of hydrogen-bond donors (Lipinski definition) is 0. The molecule has 0 spiro atoms. The Morgan fingerprint density at radius 2 is 1.52 bits per heavy atom. The van der Waals surface area contributed by atoms with Crippen molar-refractivity contribution in [1.82, 2.24) is 24.8 Å². The zero-order valence-corrected chi connectivity index (χ0v) is 18.4. The highest BCUT2D eigenvalue weighted by molar-refractivity contribution is 5.95. The minimum atomic E-state index is -0.301. The van der Waals surface area contributed by atoms with Crippen LogP contribution in [0.1, 0.15) is 52.6 Å². The first-order valence-corrected chi connectivity index (χ1v) is 11.4. The van der Waals surface area contributed by atoms with Gasteiger partial charge in [0.1, 0.15) is 5.82 Å². The standard InChI is InChI=1S/C25H26FN5O2/c26-21-8-4-6-19(16-21)18-5-3-7-20(15-18)24(32)30-13-9-22(10-14-30)31-17-23(27-28-31)25(33)29-11-1-2-12-29/h3-8,15-17,22H,1-2,9-14H2. The summed E-state index contributed by atoms with van der Waals surface area (Å²) >= 11 is 0. The number of halogens is 1. The summed E-state index contributed by atoms with van der Waals surface area (Å²) in [6.07, 6.45) is 5.31. The van der Waals surface area contributed by atoms with Crippen LogP contribution < -0.4 is 0 Å². The van der Waals surface area contributed by atoms with Crippen molar-refractivity contribution < 1.29 is 14.0 Å². The Hall–Kier alpha value is -3.55. The lowest BCUT2D eigenvalue weighted by Crippen LogP contribution is -2.39. The average molecular weight is 448 g/mol. The molecule has 3 aromatic rings. The quantitative estimate of drug-likeness (QED) is 0.610. The Labute approximate surface area is 191 Å². The fourth-order valence-electron chi connectivity index (χ4n) is 4.65. The second-order valence-corrected chi connectivity index (χ2v) is 8.70. The number of aromatic nitrogens is 3. The van der Waals surface area contributed by atoms with Crippen LogP contribution in [-0.2, 0) is 0 Å². The summed E-state index contributed by atoms with van der Waals surface area (Å²) < 4.78 is 15.4. The maximum atomic E-state index is 13.6. The number of benzene rings is 2. The predicted molar refractivity (Wildman–Crippen MR) is 121 cm³/mol. The third-order valence-electron chi connectivity index (χ3n) is 6.52. The van der Waals surface area contributed by atoms with Crippen LogP contribution in [-0.4, -0.2) is 62.8 Å². The Kier molecular flexibility index (Phi) is 5.90. The van der Waals surface area contributed by atoms with E-state index in [9.17, 15) is 14.0 Å². The van der Waals surface area contributed by atoms with Gasteiger partial charge in [0, 0.05) is 31.7 Å². The summed E-state index contributed by atoms with van der Waals surface area (Å²) in [6, 6.07) is 13.8. The van der Waals surface area contributed by atoms with Gasteiger partial charge in [-0.15, -0.1) is 5.10 Å². The summed E-state index contributed by atoms with van der Waals surface area (Å²) in [4.78, 5) is 29.3. The zero-order valence-electron chi connectivity index (χ0n) is 18.4. The van der Waals surface area contributed by atoms with Crippen LogP contribution in [0.5, 0.6) is 0 Å². The Morgan fingerprint density at radius 3 is 2.24 bits per heavy atom. The third kappa shape index (κ3) is 4.51. The van der Waals surface area contributed by atoms with E-state index >= 15 is 0 Å². The molecule has 0 atom stereocenters. The molecule has 2 amide bonds. The minimum absolute atomic E-state index is 0.0322. The van der Waals surface area contributed by atoms with Crippen LogP contribution in [0, 0.1) is 5.82 Å². The molecule has 7 nitrogen and oxygen atoms in total. The van der Waals surface area contributed by atoms with Gasteiger partial charge in [-0.25, -0.2) is 9.07 Å². The van der Waals surface area contributed by atoms with E-state index in [1.807, 2.05) is 34.1 Å². The van der Waals surface area contributed by atoms with E-state index in [4.69, 9.17) is 0 Å². The number of nitrogens with zero attached hydrogens (tertiary/aromatic N) is 5. The van der Waals surface area contributed by atoms with Gasteiger partial charge in [-0.05, 0) is 61.1 Å². The fourth-order valence-corrected chi connectivity index (χ4v) is 4.65. The molecule has 5 rings (SSSR count). The zero-order chi connectivity index (χ0) is 22.8. The van der Waals surface area contributed by atoms with Crippen molar-refractivity contribution in [2.75, 3.05) is 26.2 Å². The lowest BCUT2D eigenvalue weighted by atomic mass is 10.0. The molecule has 3 heterocycles. The number of piperidine rings is 1. The molecule has 0 radical (unpaired) electrons. The van der Waals surface area contributed by atoms with E-state index in [-0.39, 0.29) is 23.7 Å². The first-order chi connectivity index (χ1) is 16.1. The van der Waals surface area contributed by atoms with Gasteiger partial charge in [-0.3, -0.25) is 9.59 Å². The number of hydrogen-bond acceptors (Lipinski definition) is 4. The van der Waals surface area contributed by atoms with Crippen molar-refractivity contribution in [3.05, 3.63) is 71.8 Å². The fraction of sp³-hybridized carbons (Fsp3) is 0.360. The van der Waals surface area contributed by atoms with Crippen LogP contribution >= 0.6 is 0 Å². The highest BCUT2D eigenvalue weighted by Gasteiger charge is 2.27. The molecular formula is C25H26FN5O2. The van der Waals surface area contributed by atoms with E-state index in [1.165, 1.54) is 12.1 Å². The summed E-state index contributed by atoms with van der Waals surface area (Å²) in [7, 11) is 0. The first-order valence-electron chi connectivity index (χ1n) is 11.4. The van der Waals surface area contributed by atoms with E-state index in [2.05, 4.69) is 10.3 Å². The number of amides is 2. The lowest BCUT2D eigenvalue weighted by molar-refractivity contribution is 0.0689. The predicted octanol–water partition coefficient (Wildman–Crippen LogP) is 3.80. The Bertz CT molecular complexity index is 1160. The van der Waals surface area contributed by atoms with Gasteiger partial charge in [-0.2, -0.15) is 0 Å². The largest absolute Gasteiger partial charge is 0.338 e. The second-order valence-electron chi connectivity index (χ2n) is 8.70. The number of carbonyl (C=O) groups is 2. The van der Waals surface area contributed by atoms with Gasteiger partial charge in [0.25, 0.3) is 11.8 Å². The van der Waals surface area contributed by atoms with E-state index in [0.29, 0.717) is 24.3 Å². The average Bonchev–Trinajstić information content (AvgIpc) is 3.56. The Morgan fingerprint density at radius 1 is 0.848 bits per heavy atom. The highest BCUT2D eigenvalue weighted by Crippen LogP contribution is 2.26. The van der Waals surface area contributed by atoms with Gasteiger partial charge >= 0.3 is 0 Å². The van der Waals surface area contributed by atoms with E-state index in [1.54, 1.807) is 23.0 Å². The molecule has 8 heteroatoms. The van der Waals surface area contributed by atoms with Crippen molar-refractivity contribution in [3.8, 4) is 11.1 Å². The first kappa shape index (κ1) is 21.3. The summed E-state index contributed by atoms with van der Waals surface area (Å²) in [5.41, 5.74) is 2.54. The molecule has 2 aliphatic rings. The van der Waals surface area contributed by atoms with E-state index in [0.717, 1.165) is 49.9 Å². The molecule has 170 valence electrons. The molecular weight excluding hydrogens is 421 g/mol. The van der Waals surface area contributed by atoms with Crippen molar-refractivity contribution >= 4 is 11.8 Å². The maximum Gasteiger partial charge on any atom is 0.276 e. The molecule has 2 aliphatic heterocycles. The smallest absolute Gasteiger partial charge is 0.276 e. The monoisotopic (exact) mass is 447 g/mol. The molecule has 1 aromatic heterocycles. The van der Waals surface area contributed by atoms with Gasteiger partial charge in [0.05, 0.1) is 12.2 Å². The van der Waals surface area contributed by atoms with Crippen LogP contribution in [0.2, 0.25) is 0 Å². The molecule has 2 aromatic carbocycles. The molecule has 2 saturated heterocycles. The lowest BCUT2D eigenvalue weighted by Gasteiger charge is -2.32. The topological polar surface area (TPSA) is 71.3 Å². The molecule has 0 aliphatic carbocycles. The van der Waals surface area contributed by atoms with Crippen LogP contribution in [0.25, 0.3) is 11.1 Å². The minimum Gasteiger partial charge on any atom is -0.338 e. The Balaban J connectivity index is 1.22. The van der Waals surface area contributed by atoms with Gasteiger partial charge < -0.3 is 9.80 Å². The molecule has 2 fully saturated rings. The third-order valence-corrected chi connectivity index (χ3v) is 6.52. The summed E-state index contributed by atoms with van der Waals surface area (Å²) in [5.74, 6) is -0.385. The van der Waals surface area contributed by atoms with E-state index < -0.39 is 0 Å². The van der Waals surface area contributed by atoms with Crippen molar-refractivity contribution in [2.45, 2.75) is 31.7 Å². The van der Waals surface area contributed by atoms with Crippen molar-refractivity contribution in [2.24, 2.45) is 0 Å². The maximum absolute atomic E-state index is 13.6. The normalized spacial score (nSPS) is 16.9. The summed E-state index contributed by atoms with van der Waals surface area (Å²) in [5, 5.41) is 8.29. The SMILES string of the molecule is O=C(c1cccc(-c2cccc(F)c2)c1)N1CCC(n2cc(C(=O)N3CCCC3)nn2)CC1. The van der Waals surface area contributed by atoms with Crippen LogP contribution in [0.15, 0.2) is 54.7 Å². The van der Waals surface area contributed by atoms with Gasteiger partial charge in [-0.1, -0.05) is 29.5 Å².